The Morgan fingerprint density at radius 2 is 1.76 bits per heavy atom. The number of nitrogens with one attached hydrogen (secondary N) is 1. The van der Waals surface area contributed by atoms with Crippen LogP contribution in [0.2, 0.25) is 0 Å². The average Bonchev–Trinajstić information content (AvgIpc) is 2.66. The van der Waals surface area contributed by atoms with Gasteiger partial charge in [0.05, 0.1) is 21.3 Å². The van der Waals surface area contributed by atoms with Gasteiger partial charge in [-0.15, -0.1) is 0 Å². The molecule has 0 spiro atoms. The van der Waals surface area contributed by atoms with Crippen molar-refractivity contribution in [1.29, 1.82) is 0 Å². The number of hydrogen-bond acceptors (Lipinski definition) is 5. The molecule has 1 aromatic heterocycles. The molecule has 0 radical (unpaired) electrons. The molecule has 134 valence electrons. The van der Waals surface area contributed by atoms with Gasteiger partial charge in [-0.2, -0.15) is 0 Å². The molecule has 6 heteroatoms. The van der Waals surface area contributed by atoms with Crippen molar-refractivity contribution in [2.75, 3.05) is 27.9 Å². The molecule has 0 saturated carbocycles. The minimum Gasteiger partial charge on any atom is -0.493 e. The zero-order valence-corrected chi connectivity index (χ0v) is 14.9. The molecule has 1 heterocycles. The first kappa shape index (κ1) is 18.6. The van der Waals surface area contributed by atoms with E-state index < -0.39 is 0 Å². The third kappa shape index (κ3) is 5.38. The van der Waals surface area contributed by atoms with Crippen molar-refractivity contribution >= 4 is 5.91 Å². The quantitative estimate of drug-likeness (QED) is 0.756. The summed E-state index contributed by atoms with van der Waals surface area (Å²) in [5, 5.41) is 2.92. The highest BCUT2D eigenvalue weighted by Crippen LogP contribution is 2.38. The van der Waals surface area contributed by atoms with Crippen LogP contribution in [0.5, 0.6) is 17.2 Å². The summed E-state index contributed by atoms with van der Waals surface area (Å²) in [5.74, 6) is 1.73. The van der Waals surface area contributed by atoms with Crippen LogP contribution in [0.4, 0.5) is 0 Å². The van der Waals surface area contributed by atoms with E-state index in [1.807, 2.05) is 30.3 Å². The number of methoxy groups -OCH3 is 3. The molecule has 0 fully saturated rings. The van der Waals surface area contributed by atoms with Gasteiger partial charge in [-0.25, -0.2) is 0 Å². The fourth-order valence-electron chi connectivity index (χ4n) is 2.50. The highest BCUT2D eigenvalue weighted by Gasteiger charge is 2.13. The lowest BCUT2D eigenvalue weighted by molar-refractivity contribution is -0.121. The lowest BCUT2D eigenvalue weighted by atomic mass is 10.1. The fraction of sp³-hybridized carbons (Fsp3) is 0.368. The second-order valence-corrected chi connectivity index (χ2v) is 5.45. The first-order valence-electron chi connectivity index (χ1n) is 8.13. The largest absolute Gasteiger partial charge is 0.493 e. The van der Waals surface area contributed by atoms with Crippen molar-refractivity contribution in [3.05, 3.63) is 47.8 Å². The molecule has 0 unspecified atom stereocenters. The Morgan fingerprint density at radius 1 is 1.04 bits per heavy atom. The van der Waals surface area contributed by atoms with E-state index in [9.17, 15) is 4.79 Å². The summed E-state index contributed by atoms with van der Waals surface area (Å²) in [6.45, 7) is 0.575. The molecule has 1 aromatic carbocycles. The Hall–Kier alpha value is -2.76. The third-order valence-corrected chi connectivity index (χ3v) is 3.79. The van der Waals surface area contributed by atoms with E-state index in [0.717, 1.165) is 17.7 Å². The van der Waals surface area contributed by atoms with Crippen molar-refractivity contribution in [2.24, 2.45) is 0 Å². The SMILES string of the molecule is COc1cc(CCC(=O)NCCc2ccccn2)cc(OC)c1OC. The molecule has 25 heavy (non-hydrogen) atoms. The molecule has 0 atom stereocenters. The Labute approximate surface area is 148 Å². The molecule has 1 N–H and O–H groups in total. The van der Waals surface area contributed by atoms with Crippen LogP contribution in [0.1, 0.15) is 17.7 Å². The monoisotopic (exact) mass is 344 g/mol. The second kappa shape index (κ2) is 9.52. The van der Waals surface area contributed by atoms with Gasteiger partial charge >= 0.3 is 0 Å². The third-order valence-electron chi connectivity index (χ3n) is 3.79. The molecule has 0 saturated heterocycles. The molecule has 0 bridgehead atoms. The number of pyridine rings is 1. The van der Waals surface area contributed by atoms with Crippen LogP contribution in [0.15, 0.2) is 36.5 Å². The summed E-state index contributed by atoms with van der Waals surface area (Å²) in [6, 6.07) is 9.49. The zero-order chi connectivity index (χ0) is 18.1. The predicted octanol–water partition coefficient (Wildman–Crippen LogP) is 2.40. The number of aryl methyl sites for hydroxylation is 1. The molecule has 0 aliphatic heterocycles. The number of hydrogen-bond donors (Lipinski definition) is 1. The highest BCUT2D eigenvalue weighted by molar-refractivity contribution is 5.76. The summed E-state index contributed by atoms with van der Waals surface area (Å²) < 4.78 is 16.0. The molecule has 2 rings (SSSR count). The Bertz CT molecular complexity index is 664. The Kier molecular flexibility index (Phi) is 7.07. The number of benzene rings is 1. The van der Waals surface area contributed by atoms with Gasteiger partial charge in [0.25, 0.3) is 0 Å². The van der Waals surface area contributed by atoms with Gasteiger partial charge in [0.2, 0.25) is 11.7 Å². The minimum absolute atomic E-state index is 0.00434. The molecular weight excluding hydrogens is 320 g/mol. The zero-order valence-electron chi connectivity index (χ0n) is 14.9. The first-order chi connectivity index (χ1) is 12.2. The van der Waals surface area contributed by atoms with E-state index in [1.54, 1.807) is 27.5 Å². The number of rotatable bonds is 9. The maximum absolute atomic E-state index is 12.0. The van der Waals surface area contributed by atoms with E-state index in [1.165, 1.54) is 0 Å². The van der Waals surface area contributed by atoms with E-state index in [-0.39, 0.29) is 5.91 Å². The number of amides is 1. The molecule has 6 nitrogen and oxygen atoms in total. The summed E-state index contributed by atoms with van der Waals surface area (Å²) in [4.78, 5) is 16.3. The lowest BCUT2D eigenvalue weighted by Gasteiger charge is -2.14. The predicted molar refractivity (Wildman–Crippen MR) is 95.4 cm³/mol. The van der Waals surface area contributed by atoms with E-state index in [0.29, 0.717) is 36.6 Å². The van der Waals surface area contributed by atoms with Gasteiger partial charge in [-0.1, -0.05) is 6.07 Å². The van der Waals surface area contributed by atoms with Gasteiger partial charge in [0.15, 0.2) is 11.5 Å². The topological polar surface area (TPSA) is 69.7 Å². The Morgan fingerprint density at radius 3 is 2.32 bits per heavy atom. The summed E-state index contributed by atoms with van der Waals surface area (Å²) in [6.07, 6.45) is 3.45. The van der Waals surface area contributed by atoms with E-state index >= 15 is 0 Å². The number of ether oxygens (including phenoxy) is 3. The number of carbonyl (C=O) groups is 1. The minimum atomic E-state index is 0.00434. The van der Waals surface area contributed by atoms with Crippen molar-refractivity contribution in [2.45, 2.75) is 19.3 Å². The Balaban J connectivity index is 1.86. The van der Waals surface area contributed by atoms with Crippen LogP contribution < -0.4 is 19.5 Å². The standard InChI is InChI=1S/C19H24N2O4/c1-23-16-12-14(13-17(24-2)19(16)25-3)7-8-18(22)21-11-9-15-6-4-5-10-20-15/h4-6,10,12-13H,7-9,11H2,1-3H3,(H,21,22). The molecule has 1 amide bonds. The average molecular weight is 344 g/mol. The van der Waals surface area contributed by atoms with Gasteiger partial charge < -0.3 is 19.5 Å². The second-order valence-electron chi connectivity index (χ2n) is 5.45. The van der Waals surface area contributed by atoms with Gasteiger partial charge in [0, 0.05) is 31.3 Å². The molecule has 0 aliphatic carbocycles. The molecule has 2 aromatic rings. The van der Waals surface area contributed by atoms with E-state index in [2.05, 4.69) is 10.3 Å². The van der Waals surface area contributed by atoms with E-state index in [4.69, 9.17) is 14.2 Å². The van der Waals surface area contributed by atoms with Crippen molar-refractivity contribution in [1.82, 2.24) is 10.3 Å². The smallest absolute Gasteiger partial charge is 0.220 e. The first-order valence-corrected chi connectivity index (χ1v) is 8.13. The fourth-order valence-corrected chi connectivity index (χ4v) is 2.50. The number of aromatic nitrogens is 1. The maximum Gasteiger partial charge on any atom is 0.220 e. The molecule has 0 aliphatic rings. The van der Waals surface area contributed by atoms with Crippen molar-refractivity contribution < 1.29 is 19.0 Å². The normalized spacial score (nSPS) is 10.2. The summed E-state index contributed by atoms with van der Waals surface area (Å²) >= 11 is 0. The van der Waals surface area contributed by atoms with Crippen molar-refractivity contribution in [3.63, 3.8) is 0 Å². The van der Waals surface area contributed by atoms with Crippen LogP contribution >= 0.6 is 0 Å². The summed E-state index contributed by atoms with van der Waals surface area (Å²) in [7, 11) is 4.71. The summed E-state index contributed by atoms with van der Waals surface area (Å²) in [5.41, 5.74) is 1.92. The lowest BCUT2D eigenvalue weighted by Crippen LogP contribution is -2.26. The number of nitrogens with zero attached hydrogens (tertiary/aromatic N) is 1. The van der Waals surface area contributed by atoms with Crippen LogP contribution in [0.25, 0.3) is 0 Å². The van der Waals surface area contributed by atoms with Gasteiger partial charge in [-0.05, 0) is 36.2 Å². The van der Waals surface area contributed by atoms with Crippen LogP contribution in [0, 0.1) is 0 Å². The highest BCUT2D eigenvalue weighted by atomic mass is 16.5. The van der Waals surface area contributed by atoms with Crippen LogP contribution in [-0.2, 0) is 17.6 Å². The maximum atomic E-state index is 12.0. The van der Waals surface area contributed by atoms with Gasteiger partial charge in [-0.3, -0.25) is 9.78 Å². The van der Waals surface area contributed by atoms with Crippen LogP contribution in [-0.4, -0.2) is 38.8 Å². The van der Waals surface area contributed by atoms with Gasteiger partial charge in [0.1, 0.15) is 0 Å². The molecular formula is C19H24N2O4. The van der Waals surface area contributed by atoms with Crippen LogP contribution in [0.3, 0.4) is 0 Å². The number of carbonyl (C=O) groups excluding carboxylic acids is 1. The van der Waals surface area contributed by atoms with Crippen molar-refractivity contribution in [3.8, 4) is 17.2 Å².